The smallest absolute Gasteiger partial charge is 0.410 e. The van der Waals surface area contributed by atoms with E-state index in [4.69, 9.17) is 24.2 Å². The van der Waals surface area contributed by atoms with E-state index in [0.717, 1.165) is 62.6 Å². The van der Waals surface area contributed by atoms with E-state index in [1.165, 1.54) is 0 Å². The van der Waals surface area contributed by atoms with Crippen molar-refractivity contribution in [2.75, 3.05) is 57.4 Å². The molecule has 2 bridgehead atoms. The van der Waals surface area contributed by atoms with Gasteiger partial charge in [-0.25, -0.2) is 4.79 Å². The largest absolute Gasteiger partial charge is 0.463 e. The minimum absolute atomic E-state index is 0.226. The first-order valence-electron chi connectivity index (χ1n) is 13.6. The van der Waals surface area contributed by atoms with E-state index in [2.05, 4.69) is 33.8 Å². The second kappa shape index (κ2) is 11.0. The third kappa shape index (κ3) is 6.11. The summed E-state index contributed by atoms with van der Waals surface area (Å²) in [6.07, 6.45) is 2.52. The second-order valence-corrected chi connectivity index (χ2v) is 12.4. The zero-order valence-electron chi connectivity index (χ0n) is 22.6. The Morgan fingerprint density at radius 2 is 2.18 bits per heavy atom. The van der Waals surface area contributed by atoms with E-state index in [1.54, 1.807) is 4.90 Å². The molecule has 1 amide bonds. The Morgan fingerprint density at radius 3 is 2.89 bits per heavy atom. The lowest BCUT2D eigenvalue weighted by atomic mass is 10.0. The molecule has 12 heteroatoms. The molecule has 1 aromatic rings. The molecule has 4 aliphatic rings. The van der Waals surface area contributed by atoms with Crippen molar-refractivity contribution in [3.05, 3.63) is 11.3 Å². The number of likely N-dealkylation sites (tertiary alicyclic amines) is 1. The number of anilines is 1. The highest BCUT2D eigenvalue weighted by atomic mass is 32.1. The molecule has 1 aromatic heterocycles. The van der Waals surface area contributed by atoms with Crippen LogP contribution in [0.5, 0.6) is 6.01 Å². The molecule has 0 saturated carbocycles. The van der Waals surface area contributed by atoms with Gasteiger partial charge in [0, 0.05) is 57.3 Å². The van der Waals surface area contributed by atoms with Crippen molar-refractivity contribution >= 4 is 24.5 Å². The summed E-state index contributed by atoms with van der Waals surface area (Å²) in [5.41, 5.74) is 1.48. The molecule has 0 aromatic carbocycles. The molecule has 5 heterocycles. The number of fused-ring (bicyclic) bond motifs is 3. The van der Waals surface area contributed by atoms with Gasteiger partial charge in [0.15, 0.2) is 0 Å². The Kier molecular flexibility index (Phi) is 7.91. The SMILES string of the molecule is CC(C)(C)OC(=O)N1CCN(c2nc(OCCCN3C[C@]4(S)C[C@H]3CO4)nc3c2CCNC3)C[C@@H]1CC#N. The summed E-state index contributed by atoms with van der Waals surface area (Å²) >= 11 is 4.67. The summed E-state index contributed by atoms with van der Waals surface area (Å²) in [6, 6.07) is 2.79. The summed E-state index contributed by atoms with van der Waals surface area (Å²) in [6.45, 7) is 11.7. The molecule has 4 aliphatic heterocycles. The van der Waals surface area contributed by atoms with Gasteiger partial charge in [0.1, 0.15) is 16.4 Å². The lowest BCUT2D eigenvalue weighted by Gasteiger charge is -2.42. The molecule has 0 aliphatic carbocycles. The van der Waals surface area contributed by atoms with Crippen LogP contribution < -0.4 is 15.0 Å². The van der Waals surface area contributed by atoms with Gasteiger partial charge in [0.25, 0.3) is 0 Å². The van der Waals surface area contributed by atoms with Gasteiger partial charge in [-0.1, -0.05) is 0 Å². The first-order valence-corrected chi connectivity index (χ1v) is 14.0. The number of nitrogens with zero attached hydrogens (tertiary/aromatic N) is 6. The van der Waals surface area contributed by atoms with E-state index in [1.807, 2.05) is 20.8 Å². The van der Waals surface area contributed by atoms with Crippen LogP contribution in [0, 0.1) is 11.3 Å². The predicted molar refractivity (Wildman–Crippen MR) is 144 cm³/mol. The molecule has 3 fully saturated rings. The first-order chi connectivity index (χ1) is 18.1. The van der Waals surface area contributed by atoms with Crippen LogP contribution in [0.2, 0.25) is 0 Å². The minimum Gasteiger partial charge on any atom is -0.463 e. The number of hydrogen-bond acceptors (Lipinski definition) is 11. The first kappa shape index (κ1) is 27.2. The zero-order valence-corrected chi connectivity index (χ0v) is 23.5. The van der Waals surface area contributed by atoms with Crippen LogP contribution in [0.15, 0.2) is 0 Å². The molecule has 3 saturated heterocycles. The van der Waals surface area contributed by atoms with Gasteiger partial charge in [0.05, 0.1) is 37.4 Å². The van der Waals surface area contributed by atoms with E-state index in [-0.39, 0.29) is 23.5 Å². The molecular weight excluding hydrogens is 506 g/mol. The van der Waals surface area contributed by atoms with Crippen molar-refractivity contribution in [1.29, 1.82) is 5.26 Å². The van der Waals surface area contributed by atoms with Gasteiger partial charge in [0.2, 0.25) is 0 Å². The number of aromatic nitrogens is 2. The number of carbonyl (C=O) groups excluding carboxylic acids is 1. The number of rotatable bonds is 7. The third-order valence-electron chi connectivity index (χ3n) is 7.52. The maximum atomic E-state index is 12.8. The fourth-order valence-electron chi connectivity index (χ4n) is 5.75. The van der Waals surface area contributed by atoms with Crippen molar-refractivity contribution in [1.82, 2.24) is 25.1 Å². The van der Waals surface area contributed by atoms with Crippen LogP contribution in [-0.4, -0.2) is 101 Å². The Labute approximate surface area is 230 Å². The van der Waals surface area contributed by atoms with Crippen LogP contribution in [-0.2, 0) is 22.4 Å². The van der Waals surface area contributed by atoms with Crippen LogP contribution in [0.4, 0.5) is 10.6 Å². The standard InChI is InChI=1S/C26H39N7O4S/c1-25(2,3)37-24(34)33-11-10-31(15-18(33)5-7-27)22-20-6-8-28-14-21(20)29-23(30-22)35-12-4-9-32-17-26(38)13-19(32)16-36-26/h18-19,28,38H,4-6,8-17H2,1-3H3/t18-,19-,26+/m0/s1. The molecular formula is C26H39N7O4S. The maximum absolute atomic E-state index is 12.8. The van der Waals surface area contributed by atoms with Crippen molar-refractivity contribution < 1.29 is 19.0 Å². The number of thiol groups is 1. The molecule has 0 radical (unpaired) electrons. The molecule has 5 rings (SSSR count). The molecule has 208 valence electrons. The summed E-state index contributed by atoms with van der Waals surface area (Å²) in [7, 11) is 0. The fraction of sp³-hybridized carbons (Fsp3) is 0.769. The van der Waals surface area contributed by atoms with Gasteiger partial charge in [-0.2, -0.15) is 15.2 Å². The number of carbonyl (C=O) groups is 1. The van der Waals surface area contributed by atoms with Crippen LogP contribution in [0.1, 0.15) is 51.3 Å². The number of hydrogen-bond donors (Lipinski definition) is 2. The van der Waals surface area contributed by atoms with Gasteiger partial charge >= 0.3 is 12.1 Å². The van der Waals surface area contributed by atoms with Crippen molar-refractivity contribution in [2.24, 2.45) is 0 Å². The summed E-state index contributed by atoms with van der Waals surface area (Å²) in [4.78, 5) is 28.4. The average Bonchev–Trinajstić information content (AvgIpc) is 3.41. The number of nitriles is 1. The zero-order chi connectivity index (χ0) is 26.9. The second-order valence-electron chi connectivity index (χ2n) is 11.6. The Morgan fingerprint density at radius 1 is 1.34 bits per heavy atom. The summed E-state index contributed by atoms with van der Waals surface area (Å²) < 4.78 is 17.4. The quantitative estimate of drug-likeness (QED) is 0.389. The van der Waals surface area contributed by atoms with Gasteiger partial charge in [-0.15, -0.1) is 12.6 Å². The van der Waals surface area contributed by atoms with E-state index in [0.29, 0.717) is 44.8 Å². The highest BCUT2D eigenvalue weighted by molar-refractivity contribution is 7.81. The van der Waals surface area contributed by atoms with Gasteiger partial charge < -0.3 is 29.3 Å². The Balaban J connectivity index is 1.25. The van der Waals surface area contributed by atoms with Crippen molar-refractivity contribution in [3.63, 3.8) is 0 Å². The third-order valence-corrected chi connectivity index (χ3v) is 7.97. The highest BCUT2D eigenvalue weighted by Crippen LogP contribution is 2.40. The average molecular weight is 546 g/mol. The molecule has 3 atom stereocenters. The molecule has 38 heavy (non-hydrogen) atoms. The lowest BCUT2D eigenvalue weighted by molar-refractivity contribution is 0.0106. The highest BCUT2D eigenvalue weighted by Gasteiger charge is 2.48. The Bertz CT molecular complexity index is 1080. The predicted octanol–water partition coefficient (Wildman–Crippen LogP) is 1.96. The monoisotopic (exact) mass is 545 g/mol. The van der Waals surface area contributed by atoms with Crippen LogP contribution >= 0.6 is 12.6 Å². The topological polar surface area (TPSA) is 116 Å². The van der Waals surface area contributed by atoms with Gasteiger partial charge in [-0.3, -0.25) is 4.90 Å². The van der Waals surface area contributed by atoms with E-state index >= 15 is 0 Å². The Hall–Kier alpha value is -2.33. The number of morpholine rings is 1. The van der Waals surface area contributed by atoms with E-state index in [9.17, 15) is 10.1 Å². The number of ether oxygens (including phenoxy) is 3. The molecule has 1 N–H and O–H groups in total. The normalized spacial score (nSPS) is 27.2. The fourth-order valence-corrected chi connectivity index (χ4v) is 6.22. The summed E-state index contributed by atoms with van der Waals surface area (Å²) in [5, 5.41) is 12.9. The number of piperazine rings is 1. The molecule has 11 nitrogen and oxygen atoms in total. The van der Waals surface area contributed by atoms with Crippen molar-refractivity contribution in [2.45, 2.75) is 75.6 Å². The number of amides is 1. The summed E-state index contributed by atoms with van der Waals surface area (Å²) in [5.74, 6) is 0.851. The van der Waals surface area contributed by atoms with Crippen molar-refractivity contribution in [3.8, 4) is 12.1 Å². The number of nitrogens with one attached hydrogen (secondary N) is 1. The minimum atomic E-state index is -0.591. The maximum Gasteiger partial charge on any atom is 0.410 e. The lowest BCUT2D eigenvalue weighted by Crippen LogP contribution is -2.56. The van der Waals surface area contributed by atoms with Gasteiger partial charge in [-0.05, 0) is 40.2 Å². The van der Waals surface area contributed by atoms with E-state index < -0.39 is 5.60 Å². The molecule has 0 spiro atoms. The van der Waals surface area contributed by atoms with Crippen LogP contribution in [0.25, 0.3) is 0 Å². The van der Waals surface area contributed by atoms with Crippen LogP contribution in [0.3, 0.4) is 0 Å². The molecule has 0 unspecified atom stereocenters.